The summed E-state index contributed by atoms with van der Waals surface area (Å²) in [5.41, 5.74) is 12.9. The van der Waals surface area contributed by atoms with Crippen molar-refractivity contribution in [1.29, 1.82) is 0 Å². The first-order valence-corrected chi connectivity index (χ1v) is 16.6. The van der Waals surface area contributed by atoms with Crippen LogP contribution in [0.1, 0.15) is 43.2 Å². The molecule has 0 saturated heterocycles. The van der Waals surface area contributed by atoms with Gasteiger partial charge in [0, 0.05) is 33.8 Å². The van der Waals surface area contributed by atoms with E-state index in [1.807, 2.05) is 6.07 Å². The van der Waals surface area contributed by atoms with Crippen LogP contribution in [0.25, 0.3) is 44.2 Å². The molecule has 2 fully saturated rings. The lowest BCUT2D eigenvalue weighted by molar-refractivity contribution is 0.419. The Morgan fingerprint density at radius 2 is 1.46 bits per heavy atom. The van der Waals surface area contributed by atoms with Crippen LogP contribution >= 0.6 is 0 Å². The molecule has 0 atom stereocenters. The number of hydrogen-bond acceptors (Lipinski definition) is 2. The summed E-state index contributed by atoms with van der Waals surface area (Å²) in [7, 11) is 0. The lowest BCUT2D eigenvalue weighted by atomic mass is 9.77. The standard InChI is InChI=1S/C44H35NO/c1-30-26-35(44-24-22-31(29-44)23-25-44)17-21-40(30)45(36-18-19-38-37-14-8-9-15-42(37)46-43(38)28-36)41-20-16-34(32-10-4-2-5-11-32)27-39(41)33-12-6-3-7-13-33/h2-8,10-14,16-21,26-28,31H,22-25,29H2,1H3. The van der Waals surface area contributed by atoms with Gasteiger partial charge >= 0.3 is 0 Å². The molecule has 2 bridgehead atoms. The molecule has 0 radical (unpaired) electrons. The molecule has 0 N–H and O–H groups in total. The lowest BCUT2D eigenvalue weighted by Gasteiger charge is -2.32. The Labute approximate surface area is 270 Å². The first kappa shape index (κ1) is 27.1. The Balaban J connectivity index is 1.26. The van der Waals surface area contributed by atoms with Crippen molar-refractivity contribution in [2.75, 3.05) is 4.90 Å². The van der Waals surface area contributed by atoms with Crippen LogP contribution in [0.5, 0.6) is 0 Å². The van der Waals surface area contributed by atoms with Gasteiger partial charge < -0.3 is 9.32 Å². The summed E-state index contributed by atoms with van der Waals surface area (Å²) in [5, 5.41) is 2.16. The minimum Gasteiger partial charge on any atom is -0.447 e. The summed E-state index contributed by atoms with van der Waals surface area (Å²) in [4.78, 5) is 2.43. The van der Waals surface area contributed by atoms with Gasteiger partial charge in [0.05, 0.1) is 5.69 Å². The third-order valence-corrected chi connectivity index (χ3v) is 10.7. The van der Waals surface area contributed by atoms with Crippen molar-refractivity contribution in [3.63, 3.8) is 0 Å². The Kier molecular flexibility index (Phi) is 6.29. The van der Waals surface area contributed by atoms with Crippen molar-refractivity contribution in [2.24, 2.45) is 5.92 Å². The fourth-order valence-corrected chi connectivity index (χ4v) is 8.37. The molecule has 1 heterocycles. The van der Waals surface area contributed by atoms with Gasteiger partial charge in [-0.25, -0.2) is 0 Å². The van der Waals surface area contributed by atoms with E-state index in [4.69, 9.17) is 4.42 Å². The molecule has 1 aromatic heterocycles. The fourth-order valence-electron chi connectivity index (χ4n) is 8.37. The maximum atomic E-state index is 6.34. The van der Waals surface area contributed by atoms with Crippen LogP contribution in [0.4, 0.5) is 17.1 Å². The minimum atomic E-state index is 0.367. The fraction of sp³-hybridized carbons (Fsp3) is 0.182. The molecule has 0 unspecified atom stereocenters. The predicted molar refractivity (Wildman–Crippen MR) is 190 cm³/mol. The van der Waals surface area contributed by atoms with E-state index in [1.165, 1.54) is 71.2 Å². The molecule has 0 spiro atoms. The van der Waals surface area contributed by atoms with Crippen LogP contribution in [0.15, 0.2) is 132 Å². The number of furan rings is 1. The number of anilines is 3. The Bertz CT molecular complexity index is 2200. The van der Waals surface area contributed by atoms with Gasteiger partial charge in [-0.05, 0) is 127 Å². The monoisotopic (exact) mass is 593 g/mol. The van der Waals surface area contributed by atoms with E-state index in [9.17, 15) is 0 Å². The molecule has 7 aromatic rings. The van der Waals surface area contributed by atoms with Crippen LogP contribution < -0.4 is 4.90 Å². The summed E-state index contributed by atoms with van der Waals surface area (Å²) in [6, 6.07) is 52.4. The van der Waals surface area contributed by atoms with E-state index in [2.05, 4.69) is 145 Å². The van der Waals surface area contributed by atoms with Gasteiger partial charge in [-0.2, -0.15) is 0 Å². The SMILES string of the molecule is Cc1cc(C23CCC(CC2)C3)ccc1N(c1ccc2c(c1)oc1c#cccc12)c1ccc(-c2ccccc2)cc1-c1ccccc1. The zero-order valence-corrected chi connectivity index (χ0v) is 26.1. The van der Waals surface area contributed by atoms with E-state index in [0.29, 0.717) is 5.41 Å². The normalized spacial score (nSPS) is 18.7. The average Bonchev–Trinajstić information content (AvgIpc) is 3.84. The maximum absolute atomic E-state index is 6.34. The highest BCUT2D eigenvalue weighted by Gasteiger charge is 2.45. The van der Waals surface area contributed by atoms with Gasteiger partial charge in [-0.15, -0.1) is 0 Å². The molecule has 222 valence electrons. The molecule has 0 aliphatic heterocycles. The summed E-state index contributed by atoms with van der Waals surface area (Å²) < 4.78 is 6.34. The summed E-state index contributed by atoms with van der Waals surface area (Å²) in [6.45, 7) is 2.29. The van der Waals surface area contributed by atoms with Crippen molar-refractivity contribution in [1.82, 2.24) is 0 Å². The largest absolute Gasteiger partial charge is 0.447 e. The number of hydrogen-bond donors (Lipinski definition) is 0. The number of benzene rings is 5. The smallest absolute Gasteiger partial charge is 0.185 e. The van der Waals surface area contributed by atoms with Crippen LogP contribution in [0, 0.1) is 25.0 Å². The van der Waals surface area contributed by atoms with Gasteiger partial charge in [0.1, 0.15) is 5.58 Å². The molecule has 2 nitrogen and oxygen atoms in total. The maximum Gasteiger partial charge on any atom is 0.185 e. The van der Waals surface area contributed by atoms with Gasteiger partial charge in [-0.1, -0.05) is 84.9 Å². The van der Waals surface area contributed by atoms with Crippen molar-refractivity contribution in [2.45, 2.75) is 44.4 Å². The van der Waals surface area contributed by atoms with Crippen molar-refractivity contribution in [3.05, 3.63) is 151 Å². The Hall–Kier alpha value is -5.26. The second-order valence-electron chi connectivity index (χ2n) is 13.4. The van der Waals surface area contributed by atoms with Gasteiger partial charge in [0.2, 0.25) is 0 Å². The average molecular weight is 594 g/mol. The molecule has 2 aliphatic rings. The molecule has 9 rings (SSSR count). The molecule has 46 heavy (non-hydrogen) atoms. The van der Waals surface area contributed by atoms with Crippen LogP contribution in [0.2, 0.25) is 0 Å². The van der Waals surface area contributed by atoms with Crippen LogP contribution in [0.3, 0.4) is 0 Å². The zero-order valence-electron chi connectivity index (χ0n) is 26.1. The third-order valence-electron chi connectivity index (χ3n) is 10.7. The van der Waals surface area contributed by atoms with Crippen LogP contribution in [-0.4, -0.2) is 0 Å². The molecule has 2 saturated carbocycles. The quantitative estimate of drug-likeness (QED) is 0.191. The molecule has 2 aliphatic carbocycles. The second kappa shape index (κ2) is 10.7. The minimum absolute atomic E-state index is 0.367. The lowest BCUT2D eigenvalue weighted by Crippen LogP contribution is -2.20. The van der Waals surface area contributed by atoms with Gasteiger partial charge in [0.15, 0.2) is 5.58 Å². The Morgan fingerprint density at radius 3 is 2.20 bits per heavy atom. The number of rotatable bonds is 6. The zero-order chi connectivity index (χ0) is 30.7. The number of aryl methyl sites for hydroxylation is 1. The molecular formula is C44H35NO. The molecule has 6 aromatic carbocycles. The summed E-state index contributed by atoms with van der Waals surface area (Å²) >= 11 is 0. The number of nitrogens with zero attached hydrogens (tertiary/aromatic N) is 1. The van der Waals surface area contributed by atoms with E-state index >= 15 is 0 Å². The topological polar surface area (TPSA) is 16.4 Å². The highest BCUT2D eigenvalue weighted by atomic mass is 16.3. The molecular weight excluding hydrogens is 558 g/mol. The molecule has 0 amide bonds. The van der Waals surface area contributed by atoms with Gasteiger partial charge in [0.25, 0.3) is 0 Å². The van der Waals surface area contributed by atoms with Crippen molar-refractivity contribution >= 4 is 39.0 Å². The third kappa shape index (κ3) is 4.42. The summed E-state index contributed by atoms with van der Waals surface area (Å²) in [5.74, 6) is 0.915. The number of fused-ring (bicyclic) bond motifs is 5. The Morgan fingerprint density at radius 1 is 0.696 bits per heavy atom. The van der Waals surface area contributed by atoms with E-state index in [0.717, 1.165) is 39.2 Å². The van der Waals surface area contributed by atoms with Crippen LogP contribution in [-0.2, 0) is 5.41 Å². The first-order valence-electron chi connectivity index (χ1n) is 16.6. The van der Waals surface area contributed by atoms with E-state index < -0.39 is 0 Å². The summed E-state index contributed by atoms with van der Waals surface area (Å²) in [6.07, 6.45) is 6.78. The predicted octanol–water partition coefficient (Wildman–Crippen LogP) is 12.1. The second-order valence-corrected chi connectivity index (χ2v) is 13.4. The highest BCUT2D eigenvalue weighted by molar-refractivity contribution is 6.06. The van der Waals surface area contributed by atoms with Crippen molar-refractivity contribution < 1.29 is 4.42 Å². The van der Waals surface area contributed by atoms with E-state index in [1.54, 1.807) is 0 Å². The first-order chi connectivity index (χ1) is 22.6. The van der Waals surface area contributed by atoms with E-state index in [-0.39, 0.29) is 0 Å². The van der Waals surface area contributed by atoms with Gasteiger partial charge in [-0.3, -0.25) is 0 Å². The molecule has 2 heteroatoms. The highest BCUT2D eigenvalue weighted by Crippen LogP contribution is 2.56. The van der Waals surface area contributed by atoms with Crippen molar-refractivity contribution in [3.8, 4) is 22.3 Å².